The lowest BCUT2D eigenvalue weighted by molar-refractivity contribution is -0.147. The van der Waals surface area contributed by atoms with Crippen molar-refractivity contribution in [2.45, 2.75) is 125 Å². The molecule has 1 saturated heterocycles. The van der Waals surface area contributed by atoms with Crippen LogP contribution in [0.5, 0.6) is 0 Å². The van der Waals surface area contributed by atoms with E-state index in [2.05, 4.69) is 0 Å². The van der Waals surface area contributed by atoms with Crippen LogP contribution in [0, 0.1) is 0 Å². The normalized spacial score (nSPS) is 22.6. The summed E-state index contributed by atoms with van der Waals surface area (Å²) in [4.78, 5) is 71.4. The number of cyclic esters (lactones) is 1. The molecule has 0 aromatic carbocycles. The van der Waals surface area contributed by atoms with Gasteiger partial charge in [-0.2, -0.15) is 0 Å². The van der Waals surface area contributed by atoms with Crippen LogP contribution >= 0.6 is 0 Å². The molecule has 2 atom stereocenters. The summed E-state index contributed by atoms with van der Waals surface area (Å²) >= 11 is 0. The summed E-state index contributed by atoms with van der Waals surface area (Å²) in [5, 5.41) is 10.4. The molecule has 0 amide bonds. The van der Waals surface area contributed by atoms with E-state index in [1.54, 1.807) is 55.4 Å². The van der Waals surface area contributed by atoms with E-state index in [-0.39, 0.29) is 47.9 Å². The van der Waals surface area contributed by atoms with Gasteiger partial charge < -0.3 is 14.6 Å². The van der Waals surface area contributed by atoms with Crippen LogP contribution < -0.4 is 0 Å². The predicted octanol–water partition coefficient (Wildman–Crippen LogP) is 5.33. The number of ether oxygens (including phenoxy) is 2. The molecular formula is C34H46O9. The molecule has 0 saturated carbocycles. The second-order valence-electron chi connectivity index (χ2n) is 12.2. The van der Waals surface area contributed by atoms with E-state index in [4.69, 9.17) is 9.47 Å². The van der Waals surface area contributed by atoms with Gasteiger partial charge in [-0.25, -0.2) is 0 Å². The molecule has 0 aromatic heterocycles. The Labute approximate surface area is 254 Å². The fourth-order valence-electron chi connectivity index (χ4n) is 5.35. The molecule has 1 heterocycles. The largest absolute Gasteiger partial charge is 0.466 e. The Kier molecular flexibility index (Phi) is 11.9. The van der Waals surface area contributed by atoms with Crippen molar-refractivity contribution in [2.75, 3.05) is 6.61 Å². The van der Waals surface area contributed by atoms with Crippen molar-refractivity contribution in [1.82, 2.24) is 0 Å². The van der Waals surface area contributed by atoms with Crippen molar-refractivity contribution >= 4 is 35.1 Å². The van der Waals surface area contributed by atoms with E-state index in [1.165, 1.54) is 0 Å². The van der Waals surface area contributed by atoms with Gasteiger partial charge in [-0.05, 0) is 101 Å². The van der Waals surface area contributed by atoms with Crippen molar-refractivity contribution in [2.24, 2.45) is 0 Å². The molecule has 0 aromatic rings. The third-order valence-electron chi connectivity index (χ3n) is 8.83. The molecule has 236 valence electrons. The summed E-state index contributed by atoms with van der Waals surface area (Å²) in [6, 6.07) is 0. The van der Waals surface area contributed by atoms with Gasteiger partial charge in [0.25, 0.3) is 0 Å². The number of hydrogen-bond donors (Lipinski definition) is 1. The zero-order valence-corrected chi connectivity index (χ0v) is 27.1. The lowest BCUT2D eigenvalue weighted by Gasteiger charge is -2.25. The van der Waals surface area contributed by atoms with Crippen molar-refractivity contribution in [3.63, 3.8) is 0 Å². The van der Waals surface area contributed by atoms with Gasteiger partial charge in [0.05, 0.1) is 12.2 Å². The molecule has 0 bridgehead atoms. The summed E-state index contributed by atoms with van der Waals surface area (Å²) in [7, 11) is 0. The number of aliphatic hydroxyl groups is 1. The Hall–Kier alpha value is -3.46. The minimum atomic E-state index is -1.09. The second-order valence-corrected chi connectivity index (χ2v) is 12.2. The molecule has 9 nitrogen and oxygen atoms in total. The van der Waals surface area contributed by atoms with Crippen LogP contribution in [0.2, 0.25) is 0 Å². The molecule has 9 heteroatoms. The molecule has 2 aliphatic carbocycles. The third kappa shape index (κ3) is 8.78. The van der Waals surface area contributed by atoms with E-state index < -0.39 is 11.2 Å². The van der Waals surface area contributed by atoms with Gasteiger partial charge in [0.15, 0.2) is 23.1 Å². The number of allylic oxidation sites excluding steroid dienone is 8. The third-order valence-corrected chi connectivity index (χ3v) is 8.83. The van der Waals surface area contributed by atoms with Crippen LogP contribution in [-0.4, -0.2) is 58.0 Å². The van der Waals surface area contributed by atoms with E-state index in [0.717, 1.165) is 0 Å². The molecule has 0 radical (unpaired) electrons. The minimum absolute atomic E-state index is 0.0486. The van der Waals surface area contributed by atoms with Crippen LogP contribution in [0.25, 0.3) is 0 Å². The van der Waals surface area contributed by atoms with Gasteiger partial charge in [-0.3, -0.25) is 28.8 Å². The summed E-state index contributed by atoms with van der Waals surface area (Å²) in [5.74, 6) is -0.861. The molecule has 43 heavy (non-hydrogen) atoms. The SMILES string of the molecule is CC1=C(C)C(=O)C(CCC2(C)CCC(=O)O2)=C(C)C1=O.CCOC(=O)CCC(C)(O)CCC1=C(C)C(=O)C(C)=C(C)C1=O. The standard InChI is InChI=1S/C18H26O5.C16H20O4/c1-6-23-15(19)8-10-18(5,22)9-7-14-13(4)16(20)11(2)12(3)17(14)21;1-9-10(2)15(19)12(11(3)14(9)18)5-7-16(4)8-6-13(17)20-16/h22H,6-10H2,1-5H3;5-8H2,1-4H3. The molecule has 1 fully saturated rings. The highest BCUT2D eigenvalue weighted by Crippen LogP contribution is 2.35. The van der Waals surface area contributed by atoms with Crippen LogP contribution in [-0.2, 0) is 38.2 Å². The van der Waals surface area contributed by atoms with E-state index in [1.807, 2.05) is 6.92 Å². The monoisotopic (exact) mass is 598 g/mol. The Morgan fingerprint density at radius 1 is 0.791 bits per heavy atom. The van der Waals surface area contributed by atoms with Gasteiger partial charge in [-0.15, -0.1) is 0 Å². The van der Waals surface area contributed by atoms with Crippen molar-refractivity contribution in [3.8, 4) is 0 Å². The van der Waals surface area contributed by atoms with Gasteiger partial charge in [0.1, 0.15) is 5.60 Å². The highest BCUT2D eigenvalue weighted by atomic mass is 16.6. The molecule has 0 spiro atoms. The summed E-state index contributed by atoms with van der Waals surface area (Å²) in [6.45, 7) is 15.6. The van der Waals surface area contributed by atoms with Crippen molar-refractivity contribution in [3.05, 3.63) is 44.6 Å². The molecule has 1 aliphatic heterocycles. The quantitative estimate of drug-likeness (QED) is 0.261. The summed E-state index contributed by atoms with van der Waals surface area (Å²) in [5.41, 5.74) is 2.47. The van der Waals surface area contributed by atoms with Gasteiger partial charge in [0, 0.05) is 57.4 Å². The first kappa shape index (κ1) is 35.7. The number of esters is 2. The maximum Gasteiger partial charge on any atom is 0.306 e. The number of Topliss-reactive ketones (excluding diaryl/α,β-unsaturated/α-hetero) is 4. The topological polar surface area (TPSA) is 141 Å². The number of carbonyl (C=O) groups excluding carboxylic acids is 6. The maximum absolute atomic E-state index is 12.3. The Morgan fingerprint density at radius 2 is 1.26 bits per heavy atom. The first-order chi connectivity index (χ1) is 19.9. The lowest BCUT2D eigenvalue weighted by Crippen LogP contribution is -2.28. The Bertz CT molecular complexity index is 1350. The second kappa shape index (κ2) is 14.3. The molecular weight excluding hydrogens is 552 g/mol. The van der Waals surface area contributed by atoms with Crippen LogP contribution in [0.15, 0.2) is 44.6 Å². The average Bonchev–Trinajstić information content (AvgIpc) is 3.30. The maximum atomic E-state index is 12.3. The fraction of sp³-hybridized carbons (Fsp3) is 0.588. The summed E-state index contributed by atoms with van der Waals surface area (Å²) in [6.07, 6.45) is 3.17. The average molecular weight is 599 g/mol. The first-order valence-corrected chi connectivity index (χ1v) is 14.9. The van der Waals surface area contributed by atoms with Gasteiger partial charge in [0.2, 0.25) is 0 Å². The van der Waals surface area contributed by atoms with E-state index in [0.29, 0.717) is 89.7 Å². The Morgan fingerprint density at radius 3 is 1.70 bits per heavy atom. The van der Waals surface area contributed by atoms with E-state index in [9.17, 15) is 33.9 Å². The zero-order valence-electron chi connectivity index (χ0n) is 27.1. The number of rotatable bonds is 10. The van der Waals surface area contributed by atoms with Gasteiger partial charge in [-0.1, -0.05) is 0 Å². The lowest BCUT2D eigenvalue weighted by atomic mass is 9.82. The van der Waals surface area contributed by atoms with Crippen LogP contribution in [0.1, 0.15) is 114 Å². The summed E-state index contributed by atoms with van der Waals surface area (Å²) < 4.78 is 10.2. The first-order valence-electron chi connectivity index (χ1n) is 14.9. The van der Waals surface area contributed by atoms with E-state index >= 15 is 0 Å². The zero-order chi connectivity index (χ0) is 32.9. The molecule has 3 aliphatic rings. The predicted molar refractivity (Wildman–Crippen MR) is 161 cm³/mol. The molecule has 1 N–H and O–H groups in total. The Balaban J connectivity index is 0.000000303. The highest BCUT2D eigenvalue weighted by molar-refractivity contribution is 6.25. The fourth-order valence-corrected chi connectivity index (χ4v) is 5.35. The number of hydrogen-bond acceptors (Lipinski definition) is 9. The number of ketones is 4. The van der Waals surface area contributed by atoms with Gasteiger partial charge >= 0.3 is 11.9 Å². The number of carbonyl (C=O) groups is 6. The van der Waals surface area contributed by atoms with Crippen molar-refractivity contribution < 1.29 is 43.3 Å². The molecule has 3 rings (SSSR count). The smallest absolute Gasteiger partial charge is 0.306 e. The van der Waals surface area contributed by atoms with Crippen LogP contribution in [0.3, 0.4) is 0 Å². The van der Waals surface area contributed by atoms with Crippen molar-refractivity contribution in [1.29, 1.82) is 0 Å². The molecule has 2 unspecified atom stereocenters. The minimum Gasteiger partial charge on any atom is -0.466 e. The highest BCUT2D eigenvalue weighted by Gasteiger charge is 2.37. The van der Waals surface area contributed by atoms with Crippen LogP contribution in [0.4, 0.5) is 0 Å².